The first kappa shape index (κ1) is 61.0. The molecule has 0 spiro atoms. The van der Waals surface area contributed by atoms with Crippen molar-refractivity contribution >= 4 is 69.1 Å². The monoisotopic (exact) mass is 1080 g/mol. The quantitative estimate of drug-likeness (QED) is 0.0154. The van der Waals surface area contributed by atoms with Crippen molar-refractivity contribution in [2.45, 2.75) is 96.4 Å². The number of fused-ring (bicyclic) bond motifs is 1. The molecule has 10 N–H and O–H groups in total. The topological polar surface area (TPSA) is 364 Å². The van der Waals surface area contributed by atoms with E-state index in [0.29, 0.717) is 5.75 Å². The molecule has 1 fully saturated rings. The third-order valence-electron chi connectivity index (χ3n) is 9.66. The number of anilines is 1. The lowest BCUT2D eigenvalue weighted by atomic mass is 9.87. The minimum atomic E-state index is -5.59. The summed E-state index contributed by atoms with van der Waals surface area (Å²) in [6, 6.07) is 0. The van der Waals surface area contributed by atoms with Gasteiger partial charge in [0.1, 0.15) is 36.3 Å². The number of allylic oxidation sites excluding steroid dienone is 13. The molecule has 24 nitrogen and oxygen atoms in total. The van der Waals surface area contributed by atoms with Crippen LogP contribution in [0.1, 0.15) is 71.9 Å². The number of hydrogen-bond donors (Lipinski definition) is 9. The first-order valence-electron chi connectivity index (χ1n) is 22.2. The molecule has 0 aliphatic carbocycles. The molecule has 1 aliphatic rings. The summed E-state index contributed by atoms with van der Waals surface area (Å²) in [6.07, 6.45) is 26.5. The number of nitrogens with two attached hydrogens (primary N) is 1. The van der Waals surface area contributed by atoms with Gasteiger partial charge in [-0.25, -0.2) is 28.6 Å². The van der Waals surface area contributed by atoms with Crippen molar-refractivity contribution in [2.24, 2.45) is 5.41 Å². The van der Waals surface area contributed by atoms with E-state index >= 15 is 0 Å². The van der Waals surface area contributed by atoms with E-state index in [4.69, 9.17) is 19.5 Å². The number of phosphoric acid groups is 3. The van der Waals surface area contributed by atoms with Gasteiger partial charge in [-0.2, -0.15) is 4.31 Å². The molecule has 394 valence electrons. The van der Waals surface area contributed by atoms with Crippen LogP contribution in [0.5, 0.6) is 0 Å². The van der Waals surface area contributed by atoms with E-state index in [0.717, 1.165) is 67.5 Å². The summed E-state index contributed by atoms with van der Waals surface area (Å²) in [5.74, 6) is -1.19. The third-order valence-corrected chi connectivity index (χ3v) is 13.6. The second-order valence-corrected chi connectivity index (χ2v) is 21.3. The van der Waals surface area contributed by atoms with Crippen molar-refractivity contribution < 1.29 is 80.5 Å². The summed E-state index contributed by atoms with van der Waals surface area (Å²) in [7, 11) is -16.4. The Kier molecular flexibility index (Phi) is 26.4. The van der Waals surface area contributed by atoms with Crippen molar-refractivity contribution in [2.75, 3.05) is 37.8 Å². The Morgan fingerprint density at radius 1 is 0.859 bits per heavy atom. The molecule has 0 aromatic carbocycles. The van der Waals surface area contributed by atoms with Gasteiger partial charge >= 0.3 is 23.5 Å². The molecule has 71 heavy (non-hydrogen) atoms. The molecule has 3 rings (SSSR count). The SMILES string of the molecule is CCC=CCC=CCC=CCC=CCC=CCC=CC=CC(=O)SCCNC(=O)CCNC(=O)C(O)C(C)(C)COP(=O)(O)OP(=O)(O)OCC1OC(n2cnc3c(N)ncnc32)C(O)C1OP(=O)(O)O. The maximum absolute atomic E-state index is 12.7. The lowest BCUT2D eigenvalue weighted by Gasteiger charge is -2.30. The average Bonchev–Trinajstić information content (AvgIpc) is 3.86. The number of aliphatic hydroxyl groups excluding tert-OH is 2. The molecule has 2 amide bonds. The molecular weight excluding hydrogens is 1010 g/mol. The van der Waals surface area contributed by atoms with Gasteiger partial charge in [0.2, 0.25) is 16.9 Å². The van der Waals surface area contributed by atoms with Crippen LogP contribution in [0.25, 0.3) is 11.2 Å². The molecule has 28 heteroatoms. The number of aliphatic hydroxyl groups is 2. The zero-order valence-electron chi connectivity index (χ0n) is 39.4. The Bertz CT molecular complexity index is 2400. The average molecular weight is 1080 g/mol. The van der Waals surface area contributed by atoms with E-state index in [2.05, 4.69) is 96.0 Å². The number of rotatable bonds is 32. The number of carbonyl (C=O) groups excluding carboxylic acids is 3. The van der Waals surface area contributed by atoms with Gasteiger partial charge in [0.05, 0.1) is 19.5 Å². The second kappa shape index (κ2) is 30.7. The van der Waals surface area contributed by atoms with Crippen LogP contribution in [-0.4, -0.2) is 123 Å². The third kappa shape index (κ3) is 23.4. The van der Waals surface area contributed by atoms with E-state index in [1.165, 1.54) is 19.9 Å². The summed E-state index contributed by atoms with van der Waals surface area (Å²) < 4.78 is 62.4. The molecule has 1 aliphatic heterocycles. The number of nitrogen functional groups attached to an aromatic ring is 1. The number of aromatic nitrogens is 4. The smallest absolute Gasteiger partial charge is 0.386 e. The zero-order chi connectivity index (χ0) is 52.5. The normalized spacial score (nSPS) is 20.4. The highest BCUT2D eigenvalue weighted by molar-refractivity contribution is 8.14. The van der Waals surface area contributed by atoms with E-state index in [1.807, 2.05) is 12.2 Å². The number of phosphoric ester groups is 3. The van der Waals surface area contributed by atoms with Gasteiger partial charge in [0, 0.05) is 30.7 Å². The van der Waals surface area contributed by atoms with Gasteiger partial charge in [0.25, 0.3) is 0 Å². The van der Waals surface area contributed by atoms with Gasteiger partial charge in [-0.15, -0.1) is 0 Å². The summed E-state index contributed by atoms with van der Waals surface area (Å²) in [5.41, 5.74) is 4.26. The highest BCUT2D eigenvalue weighted by Gasteiger charge is 2.50. The van der Waals surface area contributed by atoms with Crippen LogP contribution in [0.15, 0.2) is 97.7 Å². The molecular formula is C43H64N7O17P3S. The predicted molar refractivity (Wildman–Crippen MR) is 264 cm³/mol. The van der Waals surface area contributed by atoms with Crippen LogP contribution in [0, 0.1) is 5.41 Å². The fourth-order valence-electron chi connectivity index (χ4n) is 6.05. The van der Waals surface area contributed by atoms with Crippen molar-refractivity contribution in [1.82, 2.24) is 30.2 Å². The fourth-order valence-corrected chi connectivity index (χ4v) is 9.46. The number of thioether (sulfide) groups is 1. The summed E-state index contributed by atoms with van der Waals surface area (Å²) in [4.78, 5) is 88.3. The lowest BCUT2D eigenvalue weighted by Crippen LogP contribution is -2.46. The van der Waals surface area contributed by atoms with Gasteiger partial charge in [-0.3, -0.25) is 32.5 Å². The zero-order valence-corrected chi connectivity index (χ0v) is 42.9. The number of nitrogens with zero attached hydrogens (tertiary/aromatic N) is 4. The van der Waals surface area contributed by atoms with Crippen LogP contribution in [0.2, 0.25) is 0 Å². The number of ether oxygens (including phenoxy) is 1. The van der Waals surface area contributed by atoms with Crippen molar-refractivity contribution in [1.29, 1.82) is 0 Å². The first-order chi connectivity index (χ1) is 33.6. The standard InChI is InChI=1S/C43H64N7O17P3S/c1-4-5-6-7-8-9-10-11-12-13-14-15-16-17-18-19-20-21-22-23-34(52)71-27-26-45-33(51)24-25-46-41(55)38(54)43(2,3)29-64-70(61,62)67-69(59,60)63-28-32-37(66-68(56,57)58)36(53)42(65-32)50-31-49-35-39(44)47-30-48-40(35)50/h5-6,8-9,11-12,14-15,17-18,20-23,30-32,36-38,42,53-54H,4,7,10,13,16,19,24-29H2,1-3H3,(H,45,51)(H,46,55)(H,59,60)(H,61,62)(H2,44,47,48)(H2,56,57,58). The maximum Gasteiger partial charge on any atom is 0.481 e. The number of amides is 2. The molecule has 7 atom stereocenters. The van der Waals surface area contributed by atoms with Gasteiger partial charge in [0.15, 0.2) is 17.7 Å². The molecule has 2 aromatic heterocycles. The van der Waals surface area contributed by atoms with Crippen molar-refractivity contribution in [3.63, 3.8) is 0 Å². The van der Waals surface area contributed by atoms with Crippen LogP contribution in [0.4, 0.5) is 5.82 Å². The molecule has 0 saturated carbocycles. The fraction of sp³-hybridized carbons (Fsp3) is 0.488. The largest absolute Gasteiger partial charge is 0.481 e. The molecule has 2 aromatic rings. The second-order valence-electron chi connectivity index (χ2n) is 16.0. The Balaban J connectivity index is 1.31. The molecule has 7 unspecified atom stereocenters. The van der Waals surface area contributed by atoms with Crippen LogP contribution >= 0.6 is 35.2 Å². The van der Waals surface area contributed by atoms with Crippen molar-refractivity contribution in [3.05, 3.63) is 97.7 Å². The van der Waals surface area contributed by atoms with Crippen LogP contribution < -0.4 is 16.4 Å². The van der Waals surface area contributed by atoms with Crippen LogP contribution in [0.3, 0.4) is 0 Å². The summed E-state index contributed by atoms with van der Waals surface area (Å²) in [6.45, 7) is 2.54. The molecule has 1 saturated heterocycles. The van der Waals surface area contributed by atoms with Crippen molar-refractivity contribution in [3.8, 4) is 0 Å². The molecule has 3 heterocycles. The van der Waals surface area contributed by atoms with E-state index in [-0.39, 0.29) is 41.6 Å². The van der Waals surface area contributed by atoms with Gasteiger partial charge in [-0.05, 0) is 44.6 Å². The Morgan fingerprint density at radius 3 is 2.06 bits per heavy atom. The first-order valence-corrected chi connectivity index (χ1v) is 27.7. The summed E-state index contributed by atoms with van der Waals surface area (Å²) in [5, 5.41) is 26.3. The number of carbonyl (C=O) groups is 3. The highest BCUT2D eigenvalue weighted by Crippen LogP contribution is 2.61. The highest BCUT2D eigenvalue weighted by atomic mass is 32.2. The maximum atomic E-state index is 12.7. The predicted octanol–water partition coefficient (Wildman–Crippen LogP) is 4.92. The molecule has 0 bridgehead atoms. The lowest BCUT2D eigenvalue weighted by molar-refractivity contribution is -0.137. The number of imidazole rings is 1. The summed E-state index contributed by atoms with van der Waals surface area (Å²) >= 11 is 1.01. The molecule has 0 radical (unpaired) electrons. The Morgan fingerprint density at radius 2 is 1.45 bits per heavy atom. The van der Waals surface area contributed by atoms with Gasteiger partial charge in [-0.1, -0.05) is 112 Å². The number of hydrogen-bond acceptors (Lipinski definition) is 18. The minimum absolute atomic E-state index is 0.0276. The van der Waals surface area contributed by atoms with Gasteiger partial charge < -0.3 is 50.9 Å². The minimum Gasteiger partial charge on any atom is -0.386 e. The van der Waals surface area contributed by atoms with E-state index in [9.17, 15) is 57.9 Å². The van der Waals surface area contributed by atoms with E-state index < -0.39 is 84.6 Å². The van der Waals surface area contributed by atoms with E-state index in [1.54, 1.807) is 12.2 Å². The Hall–Kier alpha value is -4.26. The Labute approximate surface area is 415 Å². The van der Waals surface area contributed by atoms with Crippen LogP contribution in [-0.2, 0) is 50.7 Å². The number of nitrogens with one attached hydrogen (secondary N) is 2.